The molecule has 1 aromatic rings. The third-order valence-corrected chi connectivity index (χ3v) is 3.88. The Bertz CT molecular complexity index is 827. The molecule has 0 spiro atoms. The molecule has 1 aromatic heterocycles. The summed E-state index contributed by atoms with van der Waals surface area (Å²) in [4.78, 5) is 31.2. The van der Waals surface area contributed by atoms with Crippen LogP contribution in [0.4, 0.5) is 10.7 Å². The molecule has 9 nitrogen and oxygen atoms in total. The molecular weight excluding hydrogens is 350 g/mol. The van der Waals surface area contributed by atoms with Crippen LogP contribution in [-0.4, -0.2) is 63.4 Å². The van der Waals surface area contributed by atoms with Gasteiger partial charge in [-0.3, -0.25) is 4.57 Å². The first-order chi connectivity index (χ1) is 12.7. The number of ether oxygens (including phenoxy) is 1. The Labute approximate surface area is 158 Å². The topological polar surface area (TPSA) is 112 Å². The molecular formula is C18H23N5O4. The SMILES string of the molecule is CC#CCn1c(N2CCN(C(=O)OC(C)(C)C)CC2)nc(C(=O)O)c1C#N. The first kappa shape index (κ1) is 20.1. The number of carbonyl (C=O) groups is 2. The zero-order valence-electron chi connectivity index (χ0n) is 15.9. The molecule has 0 aliphatic carbocycles. The molecule has 1 amide bonds. The largest absolute Gasteiger partial charge is 0.476 e. The molecule has 0 bridgehead atoms. The summed E-state index contributed by atoms with van der Waals surface area (Å²) in [7, 11) is 0. The third-order valence-electron chi connectivity index (χ3n) is 3.88. The lowest BCUT2D eigenvalue weighted by Crippen LogP contribution is -2.50. The molecule has 9 heteroatoms. The molecule has 1 fully saturated rings. The Morgan fingerprint density at radius 2 is 1.89 bits per heavy atom. The number of nitrogens with zero attached hydrogens (tertiary/aromatic N) is 5. The van der Waals surface area contributed by atoms with E-state index in [0.717, 1.165) is 0 Å². The maximum Gasteiger partial charge on any atom is 0.410 e. The van der Waals surface area contributed by atoms with Crippen LogP contribution < -0.4 is 4.90 Å². The maximum absolute atomic E-state index is 12.2. The number of carbonyl (C=O) groups excluding carboxylic acids is 1. The fourth-order valence-electron chi connectivity index (χ4n) is 2.67. The summed E-state index contributed by atoms with van der Waals surface area (Å²) >= 11 is 0. The molecule has 0 unspecified atom stereocenters. The number of carboxylic acid groups (broad SMARTS) is 1. The average molecular weight is 373 g/mol. The van der Waals surface area contributed by atoms with E-state index in [2.05, 4.69) is 16.8 Å². The van der Waals surface area contributed by atoms with Gasteiger partial charge in [0.05, 0.1) is 6.54 Å². The Morgan fingerprint density at radius 3 is 2.37 bits per heavy atom. The number of imidazole rings is 1. The second-order valence-electron chi connectivity index (χ2n) is 6.99. The van der Waals surface area contributed by atoms with Crippen molar-refractivity contribution in [3.8, 4) is 17.9 Å². The van der Waals surface area contributed by atoms with Gasteiger partial charge >= 0.3 is 12.1 Å². The van der Waals surface area contributed by atoms with Crippen LogP contribution in [0.25, 0.3) is 0 Å². The van der Waals surface area contributed by atoms with Gasteiger partial charge in [0, 0.05) is 26.2 Å². The van der Waals surface area contributed by atoms with Gasteiger partial charge in [0.25, 0.3) is 0 Å². The highest BCUT2D eigenvalue weighted by molar-refractivity contribution is 5.88. The first-order valence-electron chi connectivity index (χ1n) is 8.54. The minimum atomic E-state index is -1.26. The van der Waals surface area contributed by atoms with E-state index in [4.69, 9.17) is 4.74 Å². The van der Waals surface area contributed by atoms with E-state index in [-0.39, 0.29) is 24.0 Å². The molecule has 0 atom stereocenters. The summed E-state index contributed by atoms with van der Waals surface area (Å²) < 4.78 is 6.88. The maximum atomic E-state index is 12.2. The van der Waals surface area contributed by atoms with Crippen LogP contribution in [0.3, 0.4) is 0 Å². The number of piperazine rings is 1. The van der Waals surface area contributed by atoms with Crippen LogP contribution in [0.1, 0.15) is 43.9 Å². The van der Waals surface area contributed by atoms with Crippen molar-refractivity contribution >= 4 is 18.0 Å². The molecule has 0 aromatic carbocycles. The van der Waals surface area contributed by atoms with Crippen LogP contribution >= 0.6 is 0 Å². The van der Waals surface area contributed by atoms with E-state index < -0.39 is 11.6 Å². The Hall–Kier alpha value is -3.20. The summed E-state index contributed by atoms with van der Waals surface area (Å²) in [6, 6.07) is 1.91. The van der Waals surface area contributed by atoms with Crippen LogP contribution in [0, 0.1) is 23.2 Å². The van der Waals surface area contributed by atoms with Crippen molar-refractivity contribution in [3.05, 3.63) is 11.4 Å². The van der Waals surface area contributed by atoms with Crippen molar-refractivity contribution in [2.75, 3.05) is 31.1 Å². The molecule has 1 aliphatic heterocycles. The molecule has 1 N–H and O–H groups in total. The second kappa shape index (κ2) is 8.00. The van der Waals surface area contributed by atoms with Crippen molar-refractivity contribution in [2.24, 2.45) is 0 Å². The first-order valence-corrected chi connectivity index (χ1v) is 8.54. The van der Waals surface area contributed by atoms with E-state index in [0.29, 0.717) is 32.1 Å². The van der Waals surface area contributed by atoms with E-state index in [9.17, 15) is 20.0 Å². The van der Waals surface area contributed by atoms with Gasteiger partial charge in [-0.15, -0.1) is 5.92 Å². The number of anilines is 1. The number of aromatic carboxylic acids is 1. The van der Waals surface area contributed by atoms with Crippen LogP contribution in [0.15, 0.2) is 0 Å². The standard InChI is InChI=1S/C18H23N5O4/c1-5-6-7-23-13(12-19)14(15(24)25)20-16(23)21-8-10-22(11-9-21)17(26)27-18(2,3)4/h7-11H2,1-4H3,(H,24,25). The van der Waals surface area contributed by atoms with Crippen LogP contribution in [0.5, 0.6) is 0 Å². The number of aromatic nitrogens is 2. The predicted molar refractivity (Wildman–Crippen MR) is 97.4 cm³/mol. The minimum Gasteiger partial charge on any atom is -0.476 e. The molecule has 1 saturated heterocycles. The highest BCUT2D eigenvalue weighted by Crippen LogP contribution is 2.22. The smallest absolute Gasteiger partial charge is 0.410 e. The quantitative estimate of drug-likeness (QED) is 0.800. The fourth-order valence-corrected chi connectivity index (χ4v) is 2.67. The lowest BCUT2D eigenvalue weighted by atomic mass is 10.2. The normalized spacial score (nSPS) is 14.2. The summed E-state index contributed by atoms with van der Waals surface area (Å²) in [5.41, 5.74) is -0.892. The highest BCUT2D eigenvalue weighted by Gasteiger charge is 2.30. The molecule has 27 heavy (non-hydrogen) atoms. The van der Waals surface area contributed by atoms with Gasteiger partial charge in [-0.25, -0.2) is 14.6 Å². The van der Waals surface area contributed by atoms with Crippen molar-refractivity contribution in [1.29, 1.82) is 5.26 Å². The number of nitriles is 1. The van der Waals surface area contributed by atoms with Gasteiger partial charge < -0.3 is 19.6 Å². The zero-order valence-corrected chi connectivity index (χ0v) is 15.9. The van der Waals surface area contributed by atoms with Gasteiger partial charge in [0.15, 0.2) is 11.4 Å². The van der Waals surface area contributed by atoms with Gasteiger partial charge in [-0.2, -0.15) is 5.26 Å². The summed E-state index contributed by atoms with van der Waals surface area (Å²) in [6.45, 7) is 8.97. The predicted octanol–water partition coefficient (Wildman–Crippen LogP) is 1.53. The minimum absolute atomic E-state index is 0.0326. The Balaban J connectivity index is 2.22. The van der Waals surface area contributed by atoms with Crippen LogP contribution in [0.2, 0.25) is 0 Å². The Kier molecular flexibility index (Phi) is 5.96. The number of hydrogen-bond donors (Lipinski definition) is 1. The average Bonchev–Trinajstić information content (AvgIpc) is 2.97. The van der Waals surface area contributed by atoms with Gasteiger partial charge in [-0.05, 0) is 27.7 Å². The third kappa shape index (κ3) is 4.70. The van der Waals surface area contributed by atoms with Crippen molar-refractivity contribution < 1.29 is 19.4 Å². The lowest BCUT2D eigenvalue weighted by Gasteiger charge is -2.36. The Morgan fingerprint density at radius 1 is 1.26 bits per heavy atom. The fraction of sp³-hybridized carbons (Fsp3) is 0.556. The van der Waals surface area contributed by atoms with E-state index >= 15 is 0 Å². The molecule has 0 radical (unpaired) electrons. The van der Waals surface area contributed by atoms with E-state index in [1.807, 2.05) is 31.7 Å². The van der Waals surface area contributed by atoms with Crippen LogP contribution in [-0.2, 0) is 11.3 Å². The molecule has 2 heterocycles. The van der Waals surface area contributed by atoms with E-state index in [1.54, 1.807) is 11.8 Å². The lowest BCUT2D eigenvalue weighted by molar-refractivity contribution is 0.0240. The highest BCUT2D eigenvalue weighted by atomic mass is 16.6. The monoisotopic (exact) mass is 373 g/mol. The molecule has 1 aliphatic rings. The van der Waals surface area contributed by atoms with E-state index in [1.165, 1.54) is 4.57 Å². The van der Waals surface area contributed by atoms with Gasteiger partial charge in [0.1, 0.15) is 11.7 Å². The summed E-state index contributed by atoms with van der Waals surface area (Å²) in [5.74, 6) is 4.69. The number of hydrogen-bond acceptors (Lipinski definition) is 6. The van der Waals surface area contributed by atoms with Crippen molar-refractivity contribution in [3.63, 3.8) is 0 Å². The van der Waals surface area contributed by atoms with Crippen molar-refractivity contribution in [2.45, 2.75) is 39.8 Å². The summed E-state index contributed by atoms with van der Waals surface area (Å²) in [6.07, 6.45) is -0.383. The number of carboxylic acids is 1. The van der Waals surface area contributed by atoms with Gasteiger partial charge in [0.2, 0.25) is 5.95 Å². The molecule has 144 valence electrons. The van der Waals surface area contributed by atoms with Gasteiger partial charge in [-0.1, -0.05) is 5.92 Å². The zero-order chi connectivity index (χ0) is 20.2. The number of amides is 1. The second-order valence-corrected chi connectivity index (χ2v) is 6.99. The number of rotatable bonds is 3. The molecule has 2 rings (SSSR count). The molecule has 0 saturated carbocycles. The summed E-state index contributed by atoms with van der Waals surface area (Å²) in [5, 5.41) is 18.7. The van der Waals surface area contributed by atoms with Crippen molar-refractivity contribution in [1.82, 2.24) is 14.5 Å².